The Balaban J connectivity index is 1.54. The van der Waals surface area contributed by atoms with E-state index < -0.39 is 17.6 Å². The fraction of sp³-hybridized carbons (Fsp3) is 0.520. The van der Waals surface area contributed by atoms with E-state index in [4.69, 9.17) is 15.5 Å². The molecule has 1 aliphatic carbocycles. The number of anilines is 3. The van der Waals surface area contributed by atoms with Crippen molar-refractivity contribution >= 4 is 34.7 Å². The van der Waals surface area contributed by atoms with Crippen LogP contribution in [0.1, 0.15) is 57.1 Å². The molecule has 1 saturated carbocycles. The lowest BCUT2D eigenvalue weighted by Crippen LogP contribution is -2.41. The number of primary amides is 1. The molecule has 204 valence electrons. The Hall–Kier alpha value is -3.48. The molecule has 4 N–H and O–H groups in total. The summed E-state index contributed by atoms with van der Waals surface area (Å²) in [6.07, 6.45) is 0.674. The number of nitrogens with one attached hydrogen (secondary N) is 2. The summed E-state index contributed by atoms with van der Waals surface area (Å²) in [4.78, 5) is 25.3. The van der Waals surface area contributed by atoms with Gasteiger partial charge in [0.15, 0.2) is 5.65 Å². The van der Waals surface area contributed by atoms with Crippen LogP contribution in [0.3, 0.4) is 0 Å². The van der Waals surface area contributed by atoms with E-state index in [0.29, 0.717) is 68.1 Å². The summed E-state index contributed by atoms with van der Waals surface area (Å²) in [5.41, 5.74) is 4.75. The molecule has 13 heteroatoms. The van der Waals surface area contributed by atoms with Gasteiger partial charge in [0.2, 0.25) is 17.8 Å². The number of aromatic nitrogens is 4. The number of nitrogens with zero attached hydrogens (tertiary/aromatic N) is 4. The number of nitrogens with two attached hydrogens (primary N) is 1. The first-order chi connectivity index (χ1) is 18.0. The van der Waals surface area contributed by atoms with Gasteiger partial charge in [-0.15, -0.1) is 0 Å². The van der Waals surface area contributed by atoms with Crippen LogP contribution in [0, 0.1) is 11.7 Å². The second-order valence-electron chi connectivity index (χ2n) is 10.2. The third kappa shape index (κ3) is 5.38. The second kappa shape index (κ2) is 10.0. The smallest absolute Gasteiger partial charge is 0.381 e. The first-order valence-corrected chi connectivity index (χ1v) is 12.6. The Labute approximate surface area is 216 Å². The Morgan fingerprint density at radius 3 is 2.53 bits per heavy atom. The zero-order chi connectivity index (χ0) is 27.1. The van der Waals surface area contributed by atoms with Crippen molar-refractivity contribution < 1.29 is 27.1 Å². The number of carbonyl (C=O) groups is 1. The highest BCUT2D eigenvalue weighted by molar-refractivity contribution is 5.78. The van der Waals surface area contributed by atoms with E-state index in [2.05, 4.69) is 27.5 Å². The van der Waals surface area contributed by atoms with E-state index in [1.807, 2.05) is 0 Å². The Kier molecular flexibility index (Phi) is 6.88. The van der Waals surface area contributed by atoms with Gasteiger partial charge in [-0.3, -0.25) is 9.36 Å². The van der Waals surface area contributed by atoms with Crippen molar-refractivity contribution in [3.8, 4) is 0 Å². The predicted molar refractivity (Wildman–Crippen MR) is 132 cm³/mol. The van der Waals surface area contributed by atoms with Gasteiger partial charge >= 0.3 is 6.18 Å². The van der Waals surface area contributed by atoms with Gasteiger partial charge in [-0.05, 0) is 63.6 Å². The topological polar surface area (TPSA) is 120 Å². The Morgan fingerprint density at radius 2 is 1.87 bits per heavy atom. The summed E-state index contributed by atoms with van der Waals surface area (Å²) in [5, 5.41) is 6.15. The maximum Gasteiger partial charge on any atom is 0.416 e. The van der Waals surface area contributed by atoms with Crippen LogP contribution >= 0.6 is 0 Å². The third-order valence-electron chi connectivity index (χ3n) is 7.45. The summed E-state index contributed by atoms with van der Waals surface area (Å²) in [7, 11) is 0. The van der Waals surface area contributed by atoms with Gasteiger partial charge in [-0.2, -0.15) is 18.2 Å². The number of halogens is 4. The molecule has 5 rings (SSSR count). The van der Waals surface area contributed by atoms with E-state index in [-0.39, 0.29) is 35.0 Å². The average molecular weight is 536 g/mol. The van der Waals surface area contributed by atoms with Gasteiger partial charge < -0.3 is 21.1 Å². The summed E-state index contributed by atoms with van der Waals surface area (Å²) in [6.45, 7) is 3.29. The number of alkyl halides is 3. The number of ether oxygens (including phenoxy) is 1. The third-order valence-corrected chi connectivity index (χ3v) is 7.45. The van der Waals surface area contributed by atoms with Crippen LogP contribution in [-0.2, 0) is 15.7 Å². The van der Waals surface area contributed by atoms with E-state index in [1.54, 1.807) is 4.57 Å². The van der Waals surface area contributed by atoms with E-state index >= 15 is 0 Å². The molecule has 2 fully saturated rings. The van der Waals surface area contributed by atoms with Gasteiger partial charge in [0.05, 0.1) is 17.4 Å². The average Bonchev–Trinajstić information content (AvgIpc) is 3.22. The zero-order valence-electron chi connectivity index (χ0n) is 20.8. The van der Waals surface area contributed by atoms with Gasteiger partial charge in [0.25, 0.3) is 0 Å². The van der Waals surface area contributed by atoms with E-state index in [1.165, 1.54) is 6.20 Å². The minimum absolute atomic E-state index is 0.143. The number of imidazole rings is 1. The molecular weight excluding hydrogens is 506 g/mol. The Morgan fingerprint density at radius 1 is 1.16 bits per heavy atom. The SMILES string of the molecule is CC1(Nc2ncc3nc(Nc4cc(C(F)(F)F)ccc4F)n(C4CCC(C(N)=O)CC4)c3n2)CCOCC1. The van der Waals surface area contributed by atoms with Crippen LogP contribution in [0.15, 0.2) is 24.4 Å². The second-order valence-corrected chi connectivity index (χ2v) is 10.2. The molecule has 0 unspecified atom stereocenters. The van der Waals surface area contributed by atoms with Crippen LogP contribution in [0.2, 0.25) is 0 Å². The highest BCUT2D eigenvalue weighted by Gasteiger charge is 2.33. The predicted octanol–water partition coefficient (Wildman–Crippen LogP) is 4.93. The lowest BCUT2D eigenvalue weighted by molar-refractivity contribution is -0.137. The largest absolute Gasteiger partial charge is 0.416 e. The standard InChI is InChI=1S/C25H29F4N7O2/c1-24(8-10-38-11-9-24)35-22-31-13-19-21(34-22)36(16-5-2-14(3-6-16)20(30)37)23(33-19)32-18-12-15(25(27,28)29)4-7-17(18)26/h4,7,12-14,16H,2-3,5-6,8-11H2,1H3,(H2,30,37)(H,32,33)(H,31,34,35). The van der Waals surface area contributed by atoms with Crippen molar-refractivity contribution in [3.63, 3.8) is 0 Å². The number of hydrogen-bond acceptors (Lipinski definition) is 7. The van der Waals surface area contributed by atoms with Crippen LogP contribution in [0.5, 0.6) is 0 Å². The minimum atomic E-state index is -4.64. The van der Waals surface area contributed by atoms with Crippen molar-refractivity contribution in [3.05, 3.63) is 35.8 Å². The molecule has 38 heavy (non-hydrogen) atoms. The van der Waals surface area contributed by atoms with Gasteiger partial charge in [0.1, 0.15) is 11.3 Å². The van der Waals surface area contributed by atoms with E-state index in [9.17, 15) is 22.4 Å². The van der Waals surface area contributed by atoms with Crippen molar-refractivity contribution in [2.45, 2.75) is 63.2 Å². The molecule has 2 aromatic heterocycles. The molecule has 0 spiro atoms. The molecule has 9 nitrogen and oxygen atoms in total. The molecule has 1 amide bonds. The van der Waals surface area contributed by atoms with Gasteiger partial charge in [-0.25, -0.2) is 14.4 Å². The highest BCUT2D eigenvalue weighted by atomic mass is 19.4. The summed E-state index contributed by atoms with van der Waals surface area (Å²) in [5.74, 6) is -0.939. The van der Waals surface area contributed by atoms with Gasteiger partial charge in [0, 0.05) is 30.7 Å². The molecule has 0 radical (unpaired) electrons. The van der Waals surface area contributed by atoms with Crippen LogP contribution in [-0.4, -0.2) is 44.2 Å². The van der Waals surface area contributed by atoms with E-state index in [0.717, 1.165) is 18.9 Å². The quantitative estimate of drug-likeness (QED) is 0.383. The summed E-state index contributed by atoms with van der Waals surface area (Å²) in [6, 6.07) is 1.99. The van der Waals surface area contributed by atoms with Crippen molar-refractivity contribution in [2.24, 2.45) is 11.7 Å². The summed E-state index contributed by atoms with van der Waals surface area (Å²) < 4.78 is 61.8. The maximum absolute atomic E-state index is 14.6. The lowest BCUT2D eigenvalue weighted by Gasteiger charge is -2.34. The molecule has 1 saturated heterocycles. The van der Waals surface area contributed by atoms with Crippen molar-refractivity contribution in [1.29, 1.82) is 0 Å². The number of amides is 1. The fourth-order valence-electron chi connectivity index (χ4n) is 5.14. The first-order valence-electron chi connectivity index (χ1n) is 12.6. The number of benzene rings is 1. The molecule has 3 aromatic rings. The zero-order valence-corrected chi connectivity index (χ0v) is 20.8. The monoisotopic (exact) mass is 535 g/mol. The molecule has 0 bridgehead atoms. The molecule has 1 aliphatic heterocycles. The molecule has 0 atom stereocenters. The number of carbonyl (C=O) groups excluding carboxylic acids is 1. The van der Waals surface area contributed by atoms with Crippen molar-refractivity contribution in [2.75, 3.05) is 23.8 Å². The number of rotatable bonds is 6. The molecule has 1 aromatic carbocycles. The molecular formula is C25H29F4N7O2. The lowest BCUT2D eigenvalue weighted by atomic mass is 9.85. The first kappa shape index (κ1) is 26.1. The van der Waals surface area contributed by atoms with Gasteiger partial charge in [-0.1, -0.05) is 0 Å². The fourth-order valence-corrected chi connectivity index (χ4v) is 5.14. The number of fused-ring (bicyclic) bond motifs is 1. The minimum Gasteiger partial charge on any atom is -0.381 e. The van der Waals surface area contributed by atoms with Crippen molar-refractivity contribution in [1.82, 2.24) is 19.5 Å². The highest BCUT2D eigenvalue weighted by Crippen LogP contribution is 2.38. The van der Waals surface area contributed by atoms with Crippen LogP contribution in [0.25, 0.3) is 11.2 Å². The van der Waals surface area contributed by atoms with Crippen LogP contribution in [0.4, 0.5) is 35.1 Å². The normalized spacial score (nSPS) is 21.8. The summed E-state index contributed by atoms with van der Waals surface area (Å²) >= 11 is 0. The Bertz CT molecular complexity index is 1330. The molecule has 2 aliphatic rings. The van der Waals surface area contributed by atoms with Crippen LogP contribution < -0.4 is 16.4 Å². The number of hydrogen-bond donors (Lipinski definition) is 3. The molecule has 3 heterocycles. The maximum atomic E-state index is 14.6.